The van der Waals surface area contributed by atoms with E-state index >= 15 is 0 Å². The number of hydrogen-bond donors (Lipinski definition) is 1. The number of rotatable bonds is 3. The molecular weight excluding hydrogens is 254 g/mol. The minimum absolute atomic E-state index is 0.626. The van der Waals surface area contributed by atoms with Crippen LogP contribution in [0, 0.1) is 13.8 Å². The molecule has 19 heavy (non-hydrogen) atoms. The molecule has 0 spiro atoms. The molecule has 0 aliphatic heterocycles. The van der Waals surface area contributed by atoms with E-state index in [2.05, 4.69) is 46.8 Å². The smallest absolute Gasteiger partial charge is 0.120 e. The number of imidazole rings is 1. The van der Waals surface area contributed by atoms with Crippen molar-refractivity contribution in [3.05, 3.63) is 46.7 Å². The Labute approximate surface area is 116 Å². The summed E-state index contributed by atoms with van der Waals surface area (Å²) < 4.78 is 2.22. The van der Waals surface area contributed by atoms with E-state index in [0.29, 0.717) is 6.54 Å². The molecule has 0 amide bonds. The molecule has 2 N–H and O–H groups in total. The van der Waals surface area contributed by atoms with Crippen LogP contribution in [0.4, 0.5) is 0 Å². The molecule has 0 atom stereocenters. The van der Waals surface area contributed by atoms with Gasteiger partial charge in [0, 0.05) is 11.8 Å². The number of fused-ring (bicyclic) bond motifs is 1. The van der Waals surface area contributed by atoms with Gasteiger partial charge >= 0.3 is 0 Å². The van der Waals surface area contributed by atoms with Gasteiger partial charge in [-0.15, -0.1) is 11.3 Å². The number of nitrogens with two attached hydrogens (primary N) is 1. The van der Waals surface area contributed by atoms with E-state index in [4.69, 9.17) is 5.73 Å². The first-order chi connectivity index (χ1) is 9.20. The van der Waals surface area contributed by atoms with Gasteiger partial charge in [-0.2, -0.15) is 0 Å². The van der Waals surface area contributed by atoms with Crippen LogP contribution >= 0.6 is 11.3 Å². The second-order valence-corrected chi connectivity index (χ2v) is 5.70. The Morgan fingerprint density at radius 2 is 2.11 bits per heavy atom. The van der Waals surface area contributed by atoms with Gasteiger partial charge in [-0.25, -0.2) is 4.98 Å². The van der Waals surface area contributed by atoms with E-state index in [1.54, 1.807) is 11.3 Å². The summed E-state index contributed by atoms with van der Waals surface area (Å²) in [6.07, 6.45) is 2.74. The topological polar surface area (TPSA) is 43.3 Å². The number of aromatic nitrogens is 2. The molecule has 0 unspecified atom stereocenters. The first-order valence-corrected chi connectivity index (χ1v) is 7.30. The highest BCUT2D eigenvalue weighted by atomic mass is 32.1. The first-order valence-electron chi connectivity index (χ1n) is 6.42. The number of thiazole rings is 1. The number of benzene rings is 1. The zero-order valence-corrected chi connectivity index (χ0v) is 12.0. The lowest BCUT2D eigenvalue weighted by Crippen LogP contribution is -2.06. The molecule has 0 bridgehead atoms. The molecule has 3 aromatic rings. The molecule has 1 aromatic carbocycles. The number of aryl methyl sites for hydroxylation is 2. The second-order valence-electron chi connectivity index (χ2n) is 4.81. The molecule has 2 heterocycles. The van der Waals surface area contributed by atoms with Crippen LogP contribution < -0.4 is 5.73 Å². The maximum absolute atomic E-state index is 5.66. The Balaban J connectivity index is 2.18. The normalized spacial score (nSPS) is 11.3. The van der Waals surface area contributed by atoms with E-state index in [-0.39, 0.29) is 0 Å². The summed E-state index contributed by atoms with van der Waals surface area (Å²) in [5.41, 5.74) is 10.8. The summed E-state index contributed by atoms with van der Waals surface area (Å²) in [5.74, 6) is 1.05. The Hall–Kier alpha value is -1.65. The highest BCUT2D eigenvalue weighted by Crippen LogP contribution is 2.29. The molecule has 0 saturated carbocycles. The fourth-order valence-corrected chi connectivity index (χ4v) is 3.18. The first kappa shape index (κ1) is 12.4. The van der Waals surface area contributed by atoms with Crippen molar-refractivity contribution in [2.75, 3.05) is 6.54 Å². The Bertz CT molecular complexity index is 724. The minimum atomic E-state index is 0.626. The SMILES string of the molecule is Cc1ccc(-c2csc3cnc(CCN)n23)cc1C. The molecule has 2 aromatic heterocycles. The van der Waals surface area contributed by atoms with Gasteiger partial charge < -0.3 is 5.73 Å². The summed E-state index contributed by atoms with van der Waals surface area (Å²) in [6.45, 7) is 4.91. The average Bonchev–Trinajstić information content (AvgIpc) is 2.96. The lowest BCUT2D eigenvalue weighted by atomic mass is 10.0. The molecule has 0 fully saturated rings. The summed E-state index contributed by atoms with van der Waals surface area (Å²) in [5, 5.41) is 2.20. The van der Waals surface area contributed by atoms with Crippen LogP contribution in [0.3, 0.4) is 0 Å². The predicted octanol–water partition coefficient (Wildman–Crippen LogP) is 3.18. The fraction of sp³-hybridized carbons (Fsp3) is 0.267. The van der Waals surface area contributed by atoms with Gasteiger partial charge in [0.25, 0.3) is 0 Å². The van der Waals surface area contributed by atoms with Crippen LogP contribution in [-0.4, -0.2) is 15.9 Å². The summed E-state index contributed by atoms with van der Waals surface area (Å²) in [6, 6.07) is 6.59. The molecule has 0 aliphatic rings. The van der Waals surface area contributed by atoms with Crippen LogP contribution in [0.1, 0.15) is 17.0 Å². The highest BCUT2D eigenvalue weighted by Gasteiger charge is 2.11. The summed E-state index contributed by atoms with van der Waals surface area (Å²) >= 11 is 1.73. The highest BCUT2D eigenvalue weighted by molar-refractivity contribution is 7.15. The van der Waals surface area contributed by atoms with Gasteiger partial charge in [0.15, 0.2) is 0 Å². The zero-order valence-electron chi connectivity index (χ0n) is 11.2. The molecular formula is C15H17N3S. The van der Waals surface area contributed by atoms with E-state index in [1.165, 1.54) is 27.2 Å². The summed E-state index contributed by atoms with van der Waals surface area (Å²) in [7, 11) is 0. The van der Waals surface area contributed by atoms with Gasteiger partial charge in [0.1, 0.15) is 10.7 Å². The second kappa shape index (κ2) is 4.79. The van der Waals surface area contributed by atoms with Crippen molar-refractivity contribution in [1.82, 2.24) is 9.38 Å². The molecule has 3 rings (SSSR count). The summed E-state index contributed by atoms with van der Waals surface area (Å²) in [4.78, 5) is 5.64. The number of hydrogen-bond acceptors (Lipinski definition) is 3. The molecule has 3 nitrogen and oxygen atoms in total. The van der Waals surface area contributed by atoms with Crippen molar-refractivity contribution in [2.45, 2.75) is 20.3 Å². The lowest BCUT2D eigenvalue weighted by molar-refractivity contribution is 0.869. The zero-order chi connectivity index (χ0) is 13.4. The van der Waals surface area contributed by atoms with Gasteiger partial charge in [0.05, 0.1) is 11.9 Å². The van der Waals surface area contributed by atoms with Crippen LogP contribution in [0.15, 0.2) is 29.8 Å². The van der Waals surface area contributed by atoms with Crippen molar-refractivity contribution in [2.24, 2.45) is 5.73 Å². The predicted molar refractivity (Wildman–Crippen MR) is 80.7 cm³/mol. The fourth-order valence-electron chi connectivity index (χ4n) is 2.29. The van der Waals surface area contributed by atoms with Crippen LogP contribution in [0.5, 0.6) is 0 Å². The van der Waals surface area contributed by atoms with E-state index < -0.39 is 0 Å². The molecule has 0 aliphatic carbocycles. The minimum Gasteiger partial charge on any atom is -0.330 e. The van der Waals surface area contributed by atoms with Gasteiger partial charge in [-0.05, 0) is 43.1 Å². The molecule has 0 saturated heterocycles. The van der Waals surface area contributed by atoms with Gasteiger partial charge in [-0.3, -0.25) is 4.40 Å². The van der Waals surface area contributed by atoms with Crippen molar-refractivity contribution in [1.29, 1.82) is 0 Å². The van der Waals surface area contributed by atoms with E-state index in [9.17, 15) is 0 Å². The lowest BCUT2D eigenvalue weighted by Gasteiger charge is -2.06. The maximum Gasteiger partial charge on any atom is 0.120 e. The quantitative estimate of drug-likeness (QED) is 0.795. The third-order valence-electron chi connectivity index (χ3n) is 3.51. The van der Waals surface area contributed by atoms with E-state index in [1.807, 2.05) is 6.20 Å². The van der Waals surface area contributed by atoms with Crippen LogP contribution in [0.25, 0.3) is 16.1 Å². The van der Waals surface area contributed by atoms with Crippen molar-refractivity contribution in [3.63, 3.8) is 0 Å². The van der Waals surface area contributed by atoms with Crippen LogP contribution in [-0.2, 0) is 6.42 Å². The monoisotopic (exact) mass is 271 g/mol. The van der Waals surface area contributed by atoms with Crippen LogP contribution in [0.2, 0.25) is 0 Å². The van der Waals surface area contributed by atoms with Gasteiger partial charge in [0.2, 0.25) is 0 Å². The third kappa shape index (κ3) is 2.07. The Morgan fingerprint density at radius 1 is 1.26 bits per heavy atom. The Morgan fingerprint density at radius 3 is 2.84 bits per heavy atom. The number of nitrogens with zero attached hydrogens (tertiary/aromatic N) is 2. The molecule has 0 radical (unpaired) electrons. The Kier molecular flexibility index (Phi) is 3.12. The van der Waals surface area contributed by atoms with Crippen molar-refractivity contribution >= 4 is 16.2 Å². The maximum atomic E-state index is 5.66. The third-order valence-corrected chi connectivity index (χ3v) is 4.38. The largest absolute Gasteiger partial charge is 0.330 e. The van der Waals surface area contributed by atoms with Crippen molar-refractivity contribution in [3.8, 4) is 11.3 Å². The molecule has 4 heteroatoms. The standard InChI is InChI=1S/C15H17N3S/c1-10-3-4-12(7-11(10)2)13-9-19-15-8-17-14(5-6-16)18(13)15/h3-4,7-9H,5-6,16H2,1-2H3. The van der Waals surface area contributed by atoms with Crippen molar-refractivity contribution < 1.29 is 0 Å². The average molecular weight is 271 g/mol. The molecule has 98 valence electrons. The van der Waals surface area contributed by atoms with E-state index in [0.717, 1.165) is 12.2 Å². The van der Waals surface area contributed by atoms with Gasteiger partial charge in [-0.1, -0.05) is 12.1 Å².